The SMILES string of the molecule is C.C.COC(=O)C(/C=C(/C)CCC1=C(C)CCCC1(C)C)C(=O)O.COC(=O)C(/C=C(\C)CCC1=C(C)CCCC1(C)C)C(=O)O. The van der Waals surface area contributed by atoms with Crippen molar-refractivity contribution in [3.63, 3.8) is 0 Å². The van der Waals surface area contributed by atoms with Gasteiger partial charge in [-0.3, -0.25) is 19.2 Å². The van der Waals surface area contributed by atoms with Gasteiger partial charge in [-0.1, -0.05) is 88.1 Å². The van der Waals surface area contributed by atoms with Gasteiger partial charge in [-0.05, 0) is 103 Å². The minimum absolute atomic E-state index is 0. The summed E-state index contributed by atoms with van der Waals surface area (Å²) in [6.45, 7) is 17.3. The molecule has 2 aliphatic rings. The molecule has 0 fully saturated rings. The molecule has 2 N–H and O–H groups in total. The third-order valence-electron chi connectivity index (χ3n) is 9.25. The molecule has 264 valence electrons. The van der Waals surface area contributed by atoms with Crippen LogP contribution in [0, 0.1) is 22.7 Å². The van der Waals surface area contributed by atoms with Gasteiger partial charge in [-0.15, -0.1) is 0 Å². The van der Waals surface area contributed by atoms with Crippen LogP contribution in [0.3, 0.4) is 0 Å². The molecule has 0 aromatic rings. The van der Waals surface area contributed by atoms with Crippen molar-refractivity contribution in [3.8, 4) is 0 Å². The van der Waals surface area contributed by atoms with Gasteiger partial charge in [0.2, 0.25) is 0 Å². The highest BCUT2D eigenvalue weighted by Crippen LogP contribution is 2.43. The fraction of sp³-hybridized carbons (Fsp3) is 0.684. The molecule has 0 saturated heterocycles. The number of aliphatic carboxylic acids is 2. The highest BCUT2D eigenvalue weighted by atomic mass is 16.5. The Hall–Kier alpha value is -3.16. The van der Waals surface area contributed by atoms with E-state index < -0.39 is 35.7 Å². The second kappa shape index (κ2) is 20.2. The maximum Gasteiger partial charge on any atom is 0.323 e. The molecular weight excluding hydrogens is 584 g/mol. The first-order valence-corrected chi connectivity index (χ1v) is 15.7. The van der Waals surface area contributed by atoms with Gasteiger partial charge in [0.25, 0.3) is 0 Å². The van der Waals surface area contributed by atoms with E-state index in [1.54, 1.807) is 0 Å². The first-order valence-electron chi connectivity index (χ1n) is 15.7. The molecule has 46 heavy (non-hydrogen) atoms. The van der Waals surface area contributed by atoms with Gasteiger partial charge in [0.05, 0.1) is 14.2 Å². The first-order chi connectivity index (χ1) is 20.4. The molecule has 0 saturated carbocycles. The van der Waals surface area contributed by atoms with Crippen LogP contribution in [0.2, 0.25) is 0 Å². The molecular formula is C38H64O8. The zero-order valence-corrected chi connectivity index (χ0v) is 28.7. The summed E-state index contributed by atoms with van der Waals surface area (Å²) in [5.41, 5.74) is 8.17. The normalized spacial score (nSPS) is 18.9. The van der Waals surface area contributed by atoms with Crippen molar-refractivity contribution in [2.45, 2.75) is 134 Å². The standard InChI is InChI=1S/2C18H28O4.2CH4/c2*1-12(11-14(16(19)20)17(21)22-5)8-9-15-13(2)7-6-10-18(15,3)4;;/h2*11,14H,6-10H2,1-5H3,(H,19,20);2*1H4/b12-11+;12-11-;;. The fourth-order valence-electron chi connectivity index (χ4n) is 6.57. The van der Waals surface area contributed by atoms with Crippen LogP contribution in [0.25, 0.3) is 0 Å². The van der Waals surface area contributed by atoms with Crippen molar-refractivity contribution in [2.24, 2.45) is 22.7 Å². The molecule has 0 aromatic carbocycles. The number of carbonyl (C=O) groups is 4. The van der Waals surface area contributed by atoms with Crippen molar-refractivity contribution in [3.05, 3.63) is 45.6 Å². The number of carboxylic acid groups (broad SMARTS) is 2. The van der Waals surface area contributed by atoms with Gasteiger partial charge in [-0.2, -0.15) is 0 Å². The third-order valence-corrected chi connectivity index (χ3v) is 9.25. The number of carbonyl (C=O) groups excluding carboxylic acids is 2. The van der Waals surface area contributed by atoms with Crippen molar-refractivity contribution in [1.82, 2.24) is 0 Å². The van der Waals surface area contributed by atoms with Crippen LogP contribution in [0.4, 0.5) is 0 Å². The summed E-state index contributed by atoms with van der Waals surface area (Å²) in [5, 5.41) is 18.2. The fourth-order valence-corrected chi connectivity index (χ4v) is 6.57. The van der Waals surface area contributed by atoms with Crippen molar-refractivity contribution in [1.29, 1.82) is 0 Å². The topological polar surface area (TPSA) is 127 Å². The molecule has 2 aliphatic carbocycles. The van der Waals surface area contributed by atoms with E-state index in [1.165, 1.54) is 74.3 Å². The second-order valence-electron chi connectivity index (χ2n) is 13.7. The Morgan fingerprint density at radius 1 is 0.696 bits per heavy atom. The predicted molar refractivity (Wildman–Crippen MR) is 186 cm³/mol. The number of hydrogen-bond donors (Lipinski definition) is 2. The lowest BCUT2D eigenvalue weighted by Crippen LogP contribution is -2.23. The molecule has 8 nitrogen and oxygen atoms in total. The number of esters is 2. The third kappa shape index (κ3) is 13.7. The van der Waals surface area contributed by atoms with Gasteiger partial charge >= 0.3 is 23.9 Å². The Morgan fingerprint density at radius 3 is 1.24 bits per heavy atom. The summed E-state index contributed by atoms with van der Waals surface area (Å²) in [4.78, 5) is 45.3. The Balaban J connectivity index is 0. The van der Waals surface area contributed by atoms with E-state index in [0.29, 0.717) is 0 Å². The number of rotatable bonds is 12. The molecule has 2 unspecified atom stereocenters. The smallest absolute Gasteiger partial charge is 0.323 e. The van der Waals surface area contributed by atoms with Crippen LogP contribution in [-0.4, -0.2) is 48.3 Å². The van der Waals surface area contributed by atoms with E-state index in [0.717, 1.165) is 49.7 Å². The Morgan fingerprint density at radius 2 is 1.00 bits per heavy atom. The largest absolute Gasteiger partial charge is 0.480 e. The summed E-state index contributed by atoms with van der Waals surface area (Å²) >= 11 is 0. The second-order valence-corrected chi connectivity index (χ2v) is 13.7. The molecule has 0 spiro atoms. The molecule has 0 aromatic heterocycles. The summed E-state index contributed by atoms with van der Waals surface area (Å²) in [7, 11) is 2.42. The number of carboxylic acids is 2. The summed E-state index contributed by atoms with van der Waals surface area (Å²) in [5.74, 6) is -6.20. The van der Waals surface area contributed by atoms with Gasteiger partial charge in [0, 0.05) is 0 Å². The monoisotopic (exact) mass is 648 g/mol. The van der Waals surface area contributed by atoms with E-state index >= 15 is 0 Å². The molecule has 8 heteroatoms. The number of ether oxygens (including phenoxy) is 2. The maximum absolute atomic E-state index is 11.5. The summed E-state index contributed by atoms with van der Waals surface area (Å²) < 4.78 is 9.09. The molecule has 0 aliphatic heterocycles. The molecule has 0 amide bonds. The quantitative estimate of drug-likeness (QED) is 0.122. The Kier molecular flexibility index (Phi) is 19.7. The Bertz CT molecular complexity index is 1090. The molecule has 2 atom stereocenters. The number of allylic oxidation sites excluding steroid dienone is 6. The highest BCUT2D eigenvalue weighted by Gasteiger charge is 2.30. The van der Waals surface area contributed by atoms with E-state index in [2.05, 4.69) is 51.0 Å². The molecule has 0 radical (unpaired) electrons. The van der Waals surface area contributed by atoms with Gasteiger partial charge in [0.1, 0.15) is 0 Å². The predicted octanol–water partition coefficient (Wildman–Crippen LogP) is 9.50. The van der Waals surface area contributed by atoms with Crippen LogP contribution in [0.5, 0.6) is 0 Å². The zero-order chi connectivity index (χ0) is 33.8. The average Bonchev–Trinajstić information content (AvgIpc) is 2.92. The van der Waals surface area contributed by atoms with Crippen LogP contribution < -0.4 is 0 Å². The lowest BCUT2D eigenvalue weighted by Gasteiger charge is -2.35. The van der Waals surface area contributed by atoms with Gasteiger partial charge in [-0.25, -0.2) is 0 Å². The van der Waals surface area contributed by atoms with Crippen LogP contribution in [-0.2, 0) is 28.7 Å². The Labute approximate surface area is 279 Å². The lowest BCUT2D eigenvalue weighted by atomic mass is 9.71. The minimum Gasteiger partial charge on any atom is -0.480 e. The van der Waals surface area contributed by atoms with E-state index in [4.69, 9.17) is 10.2 Å². The van der Waals surface area contributed by atoms with E-state index in [9.17, 15) is 19.2 Å². The van der Waals surface area contributed by atoms with E-state index in [1.807, 2.05) is 13.8 Å². The van der Waals surface area contributed by atoms with Gasteiger partial charge in [0.15, 0.2) is 11.8 Å². The summed E-state index contributed by atoms with van der Waals surface area (Å²) in [6, 6.07) is 0. The molecule has 0 bridgehead atoms. The molecule has 0 heterocycles. The highest BCUT2D eigenvalue weighted by molar-refractivity contribution is 5.96. The number of methoxy groups -OCH3 is 2. The van der Waals surface area contributed by atoms with Crippen LogP contribution in [0.1, 0.15) is 134 Å². The maximum atomic E-state index is 11.5. The summed E-state index contributed by atoms with van der Waals surface area (Å²) in [6.07, 6.45) is 13.6. The average molecular weight is 649 g/mol. The minimum atomic E-state index is -1.21. The lowest BCUT2D eigenvalue weighted by molar-refractivity contribution is -0.156. The zero-order valence-electron chi connectivity index (χ0n) is 28.7. The molecule has 2 rings (SSSR count). The van der Waals surface area contributed by atoms with E-state index in [-0.39, 0.29) is 25.7 Å². The van der Waals surface area contributed by atoms with Crippen LogP contribution >= 0.6 is 0 Å². The van der Waals surface area contributed by atoms with Gasteiger partial charge < -0.3 is 19.7 Å². The van der Waals surface area contributed by atoms with Crippen molar-refractivity contribution in [2.75, 3.05) is 14.2 Å². The van der Waals surface area contributed by atoms with Crippen molar-refractivity contribution < 1.29 is 38.9 Å². The first kappa shape index (κ1) is 45.0. The number of hydrogen-bond acceptors (Lipinski definition) is 6. The van der Waals surface area contributed by atoms with Crippen LogP contribution in [0.15, 0.2) is 45.6 Å². The van der Waals surface area contributed by atoms with Crippen molar-refractivity contribution >= 4 is 23.9 Å².